The number of esters is 1. The molecule has 40 heavy (non-hydrogen) atoms. The Morgan fingerprint density at radius 1 is 0.450 bits per heavy atom. The van der Waals surface area contributed by atoms with Gasteiger partial charge in [0, 0.05) is 12.2 Å². The van der Waals surface area contributed by atoms with E-state index in [4.69, 9.17) is 47.4 Å². The summed E-state index contributed by atoms with van der Waals surface area (Å²) in [7, 11) is 0. The summed E-state index contributed by atoms with van der Waals surface area (Å²) in [6.07, 6.45) is 4.97. The Morgan fingerprint density at radius 3 is 1.02 bits per heavy atom. The molecule has 0 bridgehead atoms. The van der Waals surface area contributed by atoms with Crippen LogP contribution >= 0.6 is 22.6 Å². The second kappa shape index (κ2) is 34.8. The van der Waals surface area contributed by atoms with E-state index in [-0.39, 0.29) is 6.61 Å². The summed E-state index contributed by atoms with van der Waals surface area (Å²) < 4.78 is 55.2. The van der Waals surface area contributed by atoms with Gasteiger partial charge >= 0.3 is 5.97 Å². The van der Waals surface area contributed by atoms with Gasteiger partial charge in [0.05, 0.1) is 112 Å². The molecule has 238 valence electrons. The Labute approximate surface area is 254 Å². The summed E-state index contributed by atoms with van der Waals surface area (Å²) in [5.41, 5.74) is 0.374. The van der Waals surface area contributed by atoms with Gasteiger partial charge in [-0.3, -0.25) is 0 Å². The molecule has 0 amide bonds. The lowest BCUT2D eigenvalue weighted by molar-refractivity contribution is -0.140. The summed E-state index contributed by atoms with van der Waals surface area (Å²) in [6.45, 7) is 14.8. The molecule has 0 atom stereocenters. The van der Waals surface area contributed by atoms with Crippen molar-refractivity contribution in [3.05, 3.63) is 12.2 Å². The van der Waals surface area contributed by atoms with Gasteiger partial charge in [-0.15, -0.1) is 0 Å². The first kappa shape index (κ1) is 39.6. The molecule has 0 heterocycles. The Hall–Kier alpha value is -0.420. The van der Waals surface area contributed by atoms with E-state index >= 15 is 0 Å². The minimum atomic E-state index is -0.408. The maximum atomic E-state index is 11.2. The standard InChI is InChI=1S/C28H53IO11/c1-27(2)28(30)40-26-25-39-24-23-38-22-21-37-20-19-36-18-17-35-16-15-34-14-13-33-12-11-32-10-9-31-8-6-4-3-5-7-29/h1,3-26H2,2H3. The fourth-order valence-electron chi connectivity index (χ4n) is 2.83. The molecular weight excluding hydrogens is 639 g/mol. The molecule has 0 N–H and O–H groups in total. The molecule has 0 rings (SSSR count). The predicted molar refractivity (Wildman–Crippen MR) is 160 cm³/mol. The molecule has 0 saturated carbocycles. The first-order valence-corrected chi connectivity index (χ1v) is 15.8. The molecule has 0 unspecified atom stereocenters. The summed E-state index contributed by atoms with van der Waals surface area (Å²) in [5, 5.41) is 0. The minimum absolute atomic E-state index is 0.205. The molecule has 0 aliphatic carbocycles. The number of halogens is 1. The number of unbranched alkanes of at least 4 members (excludes halogenated alkanes) is 3. The molecule has 0 aliphatic rings. The number of ether oxygens (including phenoxy) is 10. The highest BCUT2D eigenvalue weighted by Crippen LogP contribution is 2.02. The van der Waals surface area contributed by atoms with Crippen LogP contribution in [-0.2, 0) is 52.2 Å². The van der Waals surface area contributed by atoms with Crippen LogP contribution in [-0.4, -0.2) is 136 Å². The maximum absolute atomic E-state index is 11.2. The van der Waals surface area contributed by atoms with Crippen molar-refractivity contribution in [2.24, 2.45) is 0 Å². The van der Waals surface area contributed by atoms with Gasteiger partial charge in [0.25, 0.3) is 0 Å². The summed E-state index contributed by atoms with van der Waals surface area (Å²) >= 11 is 2.42. The lowest BCUT2D eigenvalue weighted by atomic mass is 10.2. The number of rotatable bonds is 34. The van der Waals surface area contributed by atoms with Gasteiger partial charge in [0.2, 0.25) is 0 Å². The smallest absolute Gasteiger partial charge is 0.333 e. The summed E-state index contributed by atoms with van der Waals surface area (Å²) in [5.74, 6) is -0.408. The summed E-state index contributed by atoms with van der Waals surface area (Å²) in [6, 6.07) is 0. The largest absolute Gasteiger partial charge is 0.460 e. The predicted octanol–water partition coefficient (Wildman–Crippen LogP) is 3.25. The van der Waals surface area contributed by atoms with Gasteiger partial charge in [-0.25, -0.2) is 4.79 Å². The zero-order valence-corrected chi connectivity index (χ0v) is 26.7. The maximum Gasteiger partial charge on any atom is 0.333 e. The molecule has 0 aromatic heterocycles. The van der Waals surface area contributed by atoms with Gasteiger partial charge < -0.3 is 47.4 Å². The van der Waals surface area contributed by atoms with Crippen molar-refractivity contribution in [2.75, 3.05) is 130 Å². The van der Waals surface area contributed by atoms with E-state index in [0.29, 0.717) is 118 Å². The molecule has 0 aromatic rings. The van der Waals surface area contributed by atoms with E-state index in [1.807, 2.05) is 0 Å². The molecule has 0 spiro atoms. The van der Waals surface area contributed by atoms with E-state index < -0.39 is 5.97 Å². The van der Waals surface area contributed by atoms with Crippen molar-refractivity contribution in [1.29, 1.82) is 0 Å². The quantitative estimate of drug-likeness (QED) is 0.0326. The van der Waals surface area contributed by atoms with Crippen LogP contribution < -0.4 is 0 Å². The lowest BCUT2D eigenvalue weighted by Crippen LogP contribution is -2.15. The van der Waals surface area contributed by atoms with Crippen molar-refractivity contribution >= 4 is 28.6 Å². The fourth-order valence-corrected chi connectivity index (χ4v) is 3.37. The van der Waals surface area contributed by atoms with E-state index in [2.05, 4.69) is 29.2 Å². The Bertz CT molecular complexity index is 540. The second-order valence-corrected chi connectivity index (χ2v) is 9.61. The van der Waals surface area contributed by atoms with E-state index in [1.165, 1.54) is 23.7 Å². The van der Waals surface area contributed by atoms with Gasteiger partial charge in [-0.05, 0) is 24.2 Å². The Morgan fingerprint density at radius 2 is 0.725 bits per heavy atom. The topological polar surface area (TPSA) is 109 Å². The highest BCUT2D eigenvalue weighted by atomic mass is 127. The first-order chi connectivity index (χ1) is 19.7. The van der Waals surface area contributed by atoms with Gasteiger partial charge in [0.15, 0.2) is 0 Å². The van der Waals surface area contributed by atoms with Crippen LogP contribution in [0.1, 0.15) is 32.6 Å². The zero-order chi connectivity index (χ0) is 29.2. The monoisotopic (exact) mass is 692 g/mol. The number of carbonyl (C=O) groups is 1. The lowest BCUT2D eigenvalue weighted by Gasteiger charge is -2.09. The average molecular weight is 693 g/mol. The highest BCUT2D eigenvalue weighted by Gasteiger charge is 2.02. The molecule has 0 fully saturated rings. The van der Waals surface area contributed by atoms with Gasteiger partial charge in [-0.1, -0.05) is 42.0 Å². The molecule has 11 nitrogen and oxygen atoms in total. The summed E-state index contributed by atoms with van der Waals surface area (Å²) in [4.78, 5) is 11.2. The number of alkyl halides is 1. The molecule has 12 heteroatoms. The van der Waals surface area contributed by atoms with Crippen molar-refractivity contribution < 1.29 is 52.2 Å². The fraction of sp³-hybridized carbons (Fsp3) is 0.893. The Kier molecular flexibility index (Phi) is 34.4. The highest BCUT2D eigenvalue weighted by molar-refractivity contribution is 14.1. The number of carbonyl (C=O) groups excluding carboxylic acids is 1. The van der Waals surface area contributed by atoms with E-state index in [0.717, 1.165) is 13.0 Å². The molecule has 0 saturated heterocycles. The van der Waals surface area contributed by atoms with Gasteiger partial charge in [-0.2, -0.15) is 0 Å². The van der Waals surface area contributed by atoms with Crippen LogP contribution in [0.15, 0.2) is 12.2 Å². The third-order valence-electron chi connectivity index (χ3n) is 4.96. The number of hydrogen-bond donors (Lipinski definition) is 0. The Balaban J connectivity index is 3.06. The van der Waals surface area contributed by atoms with Crippen molar-refractivity contribution in [1.82, 2.24) is 0 Å². The van der Waals surface area contributed by atoms with Crippen LogP contribution in [0.4, 0.5) is 0 Å². The molecule has 0 aromatic carbocycles. The third-order valence-corrected chi connectivity index (χ3v) is 5.72. The van der Waals surface area contributed by atoms with Crippen LogP contribution in [0.3, 0.4) is 0 Å². The van der Waals surface area contributed by atoms with Gasteiger partial charge in [0.1, 0.15) is 6.61 Å². The second-order valence-electron chi connectivity index (χ2n) is 8.53. The van der Waals surface area contributed by atoms with Crippen LogP contribution in [0.25, 0.3) is 0 Å². The van der Waals surface area contributed by atoms with Crippen LogP contribution in [0, 0.1) is 0 Å². The normalized spacial score (nSPS) is 11.2. The number of hydrogen-bond acceptors (Lipinski definition) is 11. The van der Waals surface area contributed by atoms with Crippen molar-refractivity contribution in [2.45, 2.75) is 32.6 Å². The third kappa shape index (κ3) is 33.8. The average Bonchev–Trinajstić information content (AvgIpc) is 2.95. The molecule has 0 aliphatic heterocycles. The SMILES string of the molecule is C=C(C)C(=O)OCCOCCOCCOCCOCCOCCOCCOCCOCCOCCCCCCI. The minimum Gasteiger partial charge on any atom is -0.460 e. The van der Waals surface area contributed by atoms with E-state index in [1.54, 1.807) is 6.92 Å². The van der Waals surface area contributed by atoms with E-state index in [9.17, 15) is 4.79 Å². The first-order valence-electron chi connectivity index (χ1n) is 14.3. The zero-order valence-electron chi connectivity index (χ0n) is 24.5. The van der Waals surface area contributed by atoms with Crippen LogP contribution in [0.5, 0.6) is 0 Å². The van der Waals surface area contributed by atoms with Crippen molar-refractivity contribution in [3.8, 4) is 0 Å². The van der Waals surface area contributed by atoms with Crippen LogP contribution in [0.2, 0.25) is 0 Å². The van der Waals surface area contributed by atoms with Crippen molar-refractivity contribution in [3.63, 3.8) is 0 Å². The molecular formula is C28H53IO11. The molecule has 0 radical (unpaired) electrons.